The zero-order valence-electron chi connectivity index (χ0n) is 6.98. The highest BCUT2D eigenvalue weighted by molar-refractivity contribution is 7.11. The minimum Gasteiger partial charge on any atom is -0.428 e. The highest BCUT2D eigenvalue weighted by Crippen LogP contribution is 2.30. The molecule has 0 saturated carbocycles. The first-order valence-corrected chi connectivity index (χ1v) is 5.00. The molecule has 0 atom stereocenters. The summed E-state index contributed by atoms with van der Waals surface area (Å²) in [6, 6.07) is 5.03. The molecule has 14 heavy (non-hydrogen) atoms. The van der Waals surface area contributed by atoms with Gasteiger partial charge in [0.15, 0.2) is 0 Å². The summed E-state index contributed by atoms with van der Waals surface area (Å²) in [5.41, 5.74) is 7.72. The van der Waals surface area contributed by atoms with Crippen molar-refractivity contribution in [3.8, 4) is 10.9 Å². The highest BCUT2D eigenvalue weighted by atomic mass is 35.5. The average molecular weight is 228 g/mol. The summed E-state index contributed by atoms with van der Waals surface area (Å²) in [4.78, 5) is 0. The van der Waals surface area contributed by atoms with Crippen LogP contribution >= 0.6 is 22.9 Å². The first-order chi connectivity index (χ1) is 6.75. The van der Waals surface area contributed by atoms with Crippen molar-refractivity contribution in [2.24, 2.45) is 0 Å². The van der Waals surface area contributed by atoms with Gasteiger partial charge in [0.1, 0.15) is 11.3 Å². The summed E-state index contributed by atoms with van der Waals surface area (Å²) in [5, 5.41) is 8.29. The zero-order chi connectivity index (χ0) is 9.97. The van der Waals surface area contributed by atoms with Gasteiger partial charge in [-0.05, 0) is 18.2 Å². The number of nitrogens with two attached hydrogens (primary N) is 1. The number of rotatable bonds is 2. The Hall–Kier alpha value is -1.33. The van der Waals surface area contributed by atoms with E-state index in [9.17, 15) is 0 Å². The van der Waals surface area contributed by atoms with Gasteiger partial charge in [-0.2, -0.15) is 0 Å². The van der Waals surface area contributed by atoms with E-state index < -0.39 is 0 Å². The molecule has 0 saturated heterocycles. The lowest BCUT2D eigenvalue weighted by Gasteiger charge is -2.03. The fraction of sp³-hybridized carbons (Fsp3) is 0. The van der Waals surface area contributed by atoms with Crippen molar-refractivity contribution in [2.45, 2.75) is 0 Å². The molecule has 6 heteroatoms. The van der Waals surface area contributed by atoms with E-state index in [2.05, 4.69) is 10.2 Å². The lowest BCUT2D eigenvalue weighted by atomic mass is 10.3. The van der Waals surface area contributed by atoms with E-state index in [0.29, 0.717) is 21.7 Å². The molecular weight excluding hydrogens is 222 g/mol. The van der Waals surface area contributed by atoms with Crippen LogP contribution in [0.15, 0.2) is 23.7 Å². The average Bonchev–Trinajstić information content (AvgIpc) is 2.62. The van der Waals surface area contributed by atoms with E-state index in [-0.39, 0.29) is 0 Å². The Balaban J connectivity index is 2.25. The van der Waals surface area contributed by atoms with Crippen LogP contribution in [0.4, 0.5) is 5.69 Å². The molecule has 2 N–H and O–H groups in total. The van der Waals surface area contributed by atoms with E-state index in [1.54, 1.807) is 23.7 Å². The third-order valence-corrected chi connectivity index (χ3v) is 2.35. The second-order valence-electron chi connectivity index (χ2n) is 2.50. The van der Waals surface area contributed by atoms with Crippen molar-refractivity contribution in [2.75, 3.05) is 5.73 Å². The van der Waals surface area contributed by atoms with Crippen LogP contribution in [0.5, 0.6) is 10.9 Å². The Morgan fingerprint density at radius 1 is 1.43 bits per heavy atom. The van der Waals surface area contributed by atoms with Crippen molar-refractivity contribution in [3.05, 3.63) is 28.7 Å². The maximum absolute atomic E-state index is 5.90. The molecule has 1 heterocycles. The van der Waals surface area contributed by atoms with Crippen molar-refractivity contribution < 1.29 is 4.74 Å². The Bertz CT molecular complexity index is 432. The van der Waals surface area contributed by atoms with Crippen LogP contribution in [0.1, 0.15) is 0 Å². The second-order valence-corrected chi connectivity index (χ2v) is 3.70. The van der Waals surface area contributed by atoms with Gasteiger partial charge in [0.25, 0.3) is 5.19 Å². The minimum absolute atomic E-state index is 0.455. The Morgan fingerprint density at radius 3 is 2.93 bits per heavy atom. The predicted octanol–water partition coefficient (Wildman–Crippen LogP) is 2.57. The number of hydrogen-bond donors (Lipinski definition) is 1. The highest BCUT2D eigenvalue weighted by Gasteiger charge is 2.05. The van der Waals surface area contributed by atoms with Gasteiger partial charge in [-0.15, -0.1) is 5.10 Å². The predicted molar refractivity (Wildman–Crippen MR) is 55.8 cm³/mol. The van der Waals surface area contributed by atoms with Gasteiger partial charge in [-0.1, -0.05) is 28.0 Å². The zero-order valence-corrected chi connectivity index (χ0v) is 8.55. The third kappa shape index (κ3) is 1.94. The van der Waals surface area contributed by atoms with Crippen molar-refractivity contribution in [1.82, 2.24) is 10.2 Å². The van der Waals surface area contributed by atoms with Crippen molar-refractivity contribution in [1.29, 1.82) is 0 Å². The fourth-order valence-electron chi connectivity index (χ4n) is 0.901. The lowest BCUT2D eigenvalue weighted by molar-refractivity contribution is 0.473. The quantitative estimate of drug-likeness (QED) is 0.801. The molecule has 0 amide bonds. The number of benzene rings is 1. The summed E-state index contributed by atoms with van der Waals surface area (Å²) >= 11 is 7.19. The summed E-state index contributed by atoms with van der Waals surface area (Å²) in [6.45, 7) is 0. The van der Waals surface area contributed by atoms with Crippen LogP contribution < -0.4 is 10.5 Å². The van der Waals surface area contributed by atoms with Gasteiger partial charge >= 0.3 is 0 Å². The molecule has 1 aromatic carbocycles. The van der Waals surface area contributed by atoms with Crippen LogP contribution in [0.2, 0.25) is 5.02 Å². The van der Waals surface area contributed by atoms with Crippen molar-refractivity contribution in [3.63, 3.8) is 0 Å². The standard InChI is InChI=1S/C8H6ClN3OS/c9-6-3-5(10)1-2-7(6)13-8-12-11-4-14-8/h1-4H,10H2. The van der Waals surface area contributed by atoms with E-state index in [4.69, 9.17) is 22.1 Å². The molecule has 0 aliphatic heterocycles. The van der Waals surface area contributed by atoms with Crippen LogP contribution in [0.25, 0.3) is 0 Å². The van der Waals surface area contributed by atoms with Gasteiger partial charge in [0.2, 0.25) is 0 Å². The van der Waals surface area contributed by atoms with Gasteiger partial charge in [-0.3, -0.25) is 0 Å². The summed E-state index contributed by atoms with van der Waals surface area (Å²) in [6.07, 6.45) is 0. The fourth-order valence-corrected chi connectivity index (χ4v) is 1.55. The van der Waals surface area contributed by atoms with E-state index in [0.717, 1.165) is 0 Å². The molecule has 0 unspecified atom stereocenters. The van der Waals surface area contributed by atoms with Crippen molar-refractivity contribution >= 4 is 28.6 Å². The topological polar surface area (TPSA) is 61.0 Å². The first-order valence-electron chi connectivity index (χ1n) is 3.75. The van der Waals surface area contributed by atoms with E-state index in [1.165, 1.54) is 11.3 Å². The Kier molecular flexibility index (Phi) is 2.51. The number of aromatic nitrogens is 2. The number of hydrogen-bond acceptors (Lipinski definition) is 5. The molecule has 72 valence electrons. The largest absolute Gasteiger partial charge is 0.428 e. The number of anilines is 1. The smallest absolute Gasteiger partial charge is 0.299 e. The Morgan fingerprint density at radius 2 is 2.29 bits per heavy atom. The molecule has 1 aromatic heterocycles. The maximum Gasteiger partial charge on any atom is 0.299 e. The number of nitrogens with zero attached hydrogens (tertiary/aromatic N) is 2. The summed E-state index contributed by atoms with van der Waals surface area (Å²) < 4.78 is 5.36. The first kappa shape index (κ1) is 9.23. The van der Waals surface area contributed by atoms with Gasteiger partial charge in [0.05, 0.1) is 5.02 Å². The van der Waals surface area contributed by atoms with Gasteiger partial charge < -0.3 is 10.5 Å². The molecule has 0 fully saturated rings. The van der Waals surface area contributed by atoms with E-state index >= 15 is 0 Å². The molecule has 2 rings (SSSR count). The summed E-state index contributed by atoms with van der Waals surface area (Å²) in [7, 11) is 0. The second kappa shape index (κ2) is 3.81. The van der Waals surface area contributed by atoms with Crippen LogP contribution in [-0.2, 0) is 0 Å². The SMILES string of the molecule is Nc1ccc(Oc2nncs2)c(Cl)c1. The Labute approximate surface area is 89.3 Å². The molecule has 0 radical (unpaired) electrons. The normalized spacial score (nSPS) is 10.1. The van der Waals surface area contributed by atoms with E-state index in [1.807, 2.05) is 0 Å². The molecule has 0 aliphatic carbocycles. The molecule has 0 bridgehead atoms. The number of halogens is 1. The van der Waals surface area contributed by atoms with Gasteiger partial charge in [-0.25, -0.2) is 0 Å². The monoisotopic (exact) mass is 227 g/mol. The molecule has 4 nitrogen and oxygen atoms in total. The molecule has 0 spiro atoms. The maximum atomic E-state index is 5.90. The summed E-state index contributed by atoms with van der Waals surface area (Å²) in [5.74, 6) is 0.526. The molecule has 2 aromatic rings. The molecule has 0 aliphatic rings. The minimum atomic E-state index is 0.455. The number of ether oxygens (including phenoxy) is 1. The lowest BCUT2D eigenvalue weighted by Crippen LogP contribution is -1.88. The third-order valence-electron chi connectivity index (χ3n) is 1.49. The van der Waals surface area contributed by atoms with Crippen LogP contribution in [0.3, 0.4) is 0 Å². The van der Waals surface area contributed by atoms with Crippen LogP contribution in [-0.4, -0.2) is 10.2 Å². The molecular formula is C8H6ClN3OS. The van der Waals surface area contributed by atoms with Gasteiger partial charge in [0, 0.05) is 5.69 Å². The van der Waals surface area contributed by atoms with Crippen LogP contribution in [0, 0.1) is 0 Å². The number of nitrogen functional groups attached to an aromatic ring is 1.